The molecule has 1 aliphatic carbocycles. The van der Waals surface area contributed by atoms with Crippen molar-refractivity contribution >= 4 is 26.0 Å². The molecule has 0 spiro atoms. The fourth-order valence-electron chi connectivity index (χ4n) is 1.54. The molecule has 1 saturated carbocycles. The molecular formula is C10H9BrF3NO2S. The van der Waals surface area contributed by atoms with Gasteiger partial charge in [0.2, 0.25) is 10.0 Å². The quantitative estimate of drug-likeness (QED) is 0.852. The summed E-state index contributed by atoms with van der Waals surface area (Å²) in [5.74, 6) is -4.04. The van der Waals surface area contributed by atoms with Crippen molar-refractivity contribution in [2.24, 2.45) is 0 Å². The van der Waals surface area contributed by atoms with Crippen LogP contribution in [-0.4, -0.2) is 19.3 Å². The van der Waals surface area contributed by atoms with Crippen LogP contribution in [0, 0.1) is 17.5 Å². The molecule has 1 aliphatic rings. The van der Waals surface area contributed by atoms with Crippen LogP contribution in [0.3, 0.4) is 0 Å². The van der Waals surface area contributed by atoms with Gasteiger partial charge in [0.1, 0.15) is 17.5 Å². The lowest BCUT2D eigenvalue weighted by Crippen LogP contribution is -2.38. The number of sulfonamides is 1. The summed E-state index contributed by atoms with van der Waals surface area (Å²) in [5, 5.41) is 0.351. The zero-order chi connectivity index (χ0) is 13.6. The molecule has 100 valence electrons. The van der Waals surface area contributed by atoms with E-state index in [1.165, 1.54) is 0 Å². The first-order chi connectivity index (χ1) is 8.30. The lowest BCUT2D eigenvalue weighted by Gasteiger charge is -2.15. The molecule has 3 nitrogen and oxygen atoms in total. The molecule has 0 saturated heterocycles. The SMILES string of the molecule is O=S(=O)(NC1(CBr)CC1)c1c(F)cc(F)cc1F. The summed E-state index contributed by atoms with van der Waals surface area (Å²) in [6, 6.07) is 0.677. The van der Waals surface area contributed by atoms with Gasteiger partial charge < -0.3 is 0 Å². The van der Waals surface area contributed by atoms with Gasteiger partial charge in [-0.25, -0.2) is 26.3 Å². The summed E-state index contributed by atoms with van der Waals surface area (Å²) < 4.78 is 65.5. The Bertz CT molecular complexity index is 564. The lowest BCUT2D eigenvalue weighted by molar-refractivity contribution is 0.490. The summed E-state index contributed by atoms with van der Waals surface area (Å²) in [7, 11) is -4.34. The van der Waals surface area contributed by atoms with Gasteiger partial charge in [-0.3, -0.25) is 0 Å². The summed E-state index contributed by atoms with van der Waals surface area (Å²) in [6.45, 7) is 0. The highest BCUT2D eigenvalue weighted by Gasteiger charge is 2.46. The number of alkyl halides is 1. The molecule has 0 atom stereocenters. The monoisotopic (exact) mass is 343 g/mol. The second-order valence-corrected chi connectivity index (χ2v) is 6.40. The first-order valence-corrected chi connectivity index (χ1v) is 7.65. The lowest BCUT2D eigenvalue weighted by atomic mass is 10.3. The maximum Gasteiger partial charge on any atom is 0.246 e. The van der Waals surface area contributed by atoms with Crippen LogP contribution in [0.25, 0.3) is 0 Å². The van der Waals surface area contributed by atoms with Gasteiger partial charge in [-0.2, -0.15) is 0 Å². The van der Waals surface area contributed by atoms with Crippen LogP contribution in [0.2, 0.25) is 0 Å². The normalized spacial score (nSPS) is 17.8. The van der Waals surface area contributed by atoms with Crippen molar-refractivity contribution in [1.29, 1.82) is 0 Å². The number of nitrogens with one attached hydrogen (secondary N) is 1. The van der Waals surface area contributed by atoms with Crippen molar-refractivity contribution < 1.29 is 21.6 Å². The van der Waals surface area contributed by atoms with Crippen LogP contribution in [-0.2, 0) is 10.0 Å². The molecule has 1 aromatic carbocycles. The number of rotatable bonds is 4. The summed E-state index contributed by atoms with van der Waals surface area (Å²) >= 11 is 3.13. The average Bonchev–Trinajstić information content (AvgIpc) is 2.95. The second-order valence-electron chi connectivity index (χ2n) is 4.22. The molecule has 0 unspecified atom stereocenters. The van der Waals surface area contributed by atoms with Gasteiger partial charge in [0, 0.05) is 23.0 Å². The minimum absolute atomic E-state index is 0.339. The molecule has 8 heteroatoms. The Morgan fingerprint density at radius 2 is 1.72 bits per heavy atom. The Kier molecular flexibility index (Phi) is 3.46. The highest BCUT2D eigenvalue weighted by Crippen LogP contribution is 2.38. The zero-order valence-corrected chi connectivity index (χ0v) is 11.4. The van der Waals surface area contributed by atoms with E-state index in [0.717, 1.165) is 0 Å². The smallest absolute Gasteiger partial charge is 0.207 e. The van der Waals surface area contributed by atoms with E-state index >= 15 is 0 Å². The Labute approximate surface area is 111 Å². The van der Waals surface area contributed by atoms with Gasteiger partial charge in [0.25, 0.3) is 0 Å². The first kappa shape index (κ1) is 13.8. The van der Waals surface area contributed by atoms with E-state index in [-0.39, 0.29) is 0 Å². The number of hydrogen-bond donors (Lipinski definition) is 1. The molecule has 0 heterocycles. The van der Waals surface area contributed by atoms with Crippen molar-refractivity contribution in [3.05, 3.63) is 29.6 Å². The standard InChI is InChI=1S/C10H9BrF3NO2S/c11-5-10(1-2-10)15-18(16,17)9-7(13)3-6(12)4-8(9)14/h3-4,15H,1-2,5H2. The van der Waals surface area contributed by atoms with Crippen LogP contribution in [0.5, 0.6) is 0 Å². The summed E-state index contributed by atoms with van der Waals surface area (Å²) in [5.41, 5.74) is -0.688. The van der Waals surface area contributed by atoms with E-state index in [9.17, 15) is 21.6 Å². The third kappa shape index (κ3) is 2.55. The van der Waals surface area contributed by atoms with E-state index in [4.69, 9.17) is 0 Å². The van der Waals surface area contributed by atoms with Gasteiger partial charge in [0.15, 0.2) is 4.90 Å². The van der Waals surface area contributed by atoms with E-state index in [0.29, 0.717) is 30.3 Å². The molecule has 1 aromatic rings. The van der Waals surface area contributed by atoms with Crippen LogP contribution in [0.4, 0.5) is 13.2 Å². The van der Waals surface area contributed by atoms with Gasteiger partial charge in [-0.15, -0.1) is 0 Å². The Balaban J connectivity index is 2.42. The van der Waals surface area contributed by atoms with Crippen molar-refractivity contribution in [3.8, 4) is 0 Å². The Morgan fingerprint density at radius 3 is 2.11 bits per heavy atom. The molecule has 0 amide bonds. The summed E-state index contributed by atoms with van der Waals surface area (Å²) in [6.07, 6.45) is 1.17. The van der Waals surface area contributed by atoms with Gasteiger partial charge >= 0.3 is 0 Å². The van der Waals surface area contributed by atoms with Crippen LogP contribution >= 0.6 is 15.9 Å². The summed E-state index contributed by atoms with van der Waals surface area (Å²) in [4.78, 5) is -1.14. The topological polar surface area (TPSA) is 46.2 Å². The van der Waals surface area contributed by atoms with E-state index < -0.39 is 37.9 Å². The first-order valence-electron chi connectivity index (χ1n) is 5.04. The van der Waals surface area contributed by atoms with Gasteiger partial charge in [-0.1, -0.05) is 15.9 Å². The van der Waals surface area contributed by atoms with E-state index in [2.05, 4.69) is 20.7 Å². The number of hydrogen-bond acceptors (Lipinski definition) is 2. The Morgan fingerprint density at radius 1 is 1.22 bits per heavy atom. The molecule has 0 aromatic heterocycles. The molecule has 1 N–H and O–H groups in total. The molecule has 0 radical (unpaired) electrons. The average molecular weight is 344 g/mol. The van der Waals surface area contributed by atoms with Crippen LogP contribution in [0.1, 0.15) is 12.8 Å². The highest BCUT2D eigenvalue weighted by atomic mass is 79.9. The molecule has 18 heavy (non-hydrogen) atoms. The number of benzene rings is 1. The third-order valence-corrected chi connectivity index (χ3v) is 5.39. The predicted molar refractivity (Wildman–Crippen MR) is 62.4 cm³/mol. The van der Waals surface area contributed by atoms with Crippen molar-refractivity contribution in [3.63, 3.8) is 0 Å². The number of halogens is 4. The molecule has 0 bridgehead atoms. The second kappa shape index (κ2) is 4.50. The highest BCUT2D eigenvalue weighted by molar-refractivity contribution is 9.09. The van der Waals surface area contributed by atoms with Crippen molar-refractivity contribution in [2.45, 2.75) is 23.3 Å². The fourth-order valence-corrected chi connectivity index (χ4v) is 4.00. The minimum Gasteiger partial charge on any atom is -0.207 e. The van der Waals surface area contributed by atoms with E-state index in [1.54, 1.807) is 0 Å². The van der Waals surface area contributed by atoms with Crippen molar-refractivity contribution in [1.82, 2.24) is 4.72 Å². The minimum atomic E-state index is -4.34. The maximum atomic E-state index is 13.4. The zero-order valence-electron chi connectivity index (χ0n) is 9.01. The third-order valence-electron chi connectivity index (χ3n) is 2.69. The van der Waals surface area contributed by atoms with Gasteiger partial charge in [0.05, 0.1) is 0 Å². The molecule has 0 aliphatic heterocycles. The molecule has 2 rings (SSSR count). The largest absolute Gasteiger partial charge is 0.246 e. The Hall–Kier alpha value is -0.600. The van der Waals surface area contributed by atoms with Gasteiger partial charge in [-0.05, 0) is 12.8 Å². The molecule has 1 fully saturated rings. The van der Waals surface area contributed by atoms with Crippen LogP contribution < -0.4 is 4.72 Å². The fraction of sp³-hybridized carbons (Fsp3) is 0.400. The predicted octanol–water partition coefficient (Wildman–Crippen LogP) is 2.31. The van der Waals surface area contributed by atoms with E-state index in [1.807, 2.05) is 0 Å². The molecular weight excluding hydrogens is 335 g/mol. The maximum absolute atomic E-state index is 13.4. The van der Waals surface area contributed by atoms with Crippen molar-refractivity contribution in [2.75, 3.05) is 5.33 Å². The van der Waals surface area contributed by atoms with Crippen LogP contribution in [0.15, 0.2) is 17.0 Å².